The second-order valence-corrected chi connectivity index (χ2v) is 7.08. The van der Waals surface area contributed by atoms with Crippen molar-refractivity contribution in [3.63, 3.8) is 0 Å². The van der Waals surface area contributed by atoms with E-state index < -0.39 is 0 Å². The van der Waals surface area contributed by atoms with Gasteiger partial charge in [-0.2, -0.15) is 4.98 Å². The summed E-state index contributed by atoms with van der Waals surface area (Å²) in [4.78, 5) is 16.4. The zero-order valence-electron chi connectivity index (χ0n) is 15.2. The van der Waals surface area contributed by atoms with Gasteiger partial charge in [-0.05, 0) is 43.0 Å². The Balaban J connectivity index is 1.79. The Kier molecular flexibility index (Phi) is 4.62. The van der Waals surface area contributed by atoms with Crippen LogP contribution in [0.1, 0.15) is 29.3 Å². The van der Waals surface area contributed by atoms with Gasteiger partial charge in [0.1, 0.15) is 5.75 Å². The molecule has 5 nitrogen and oxygen atoms in total. The van der Waals surface area contributed by atoms with Gasteiger partial charge in [-0.15, -0.1) is 0 Å². The number of halogens is 1. The lowest BCUT2D eigenvalue weighted by molar-refractivity contribution is 0.415. The van der Waals surface area contributed by atoms with Gasteiger partial charge in [-0.1, -0.05) is 41.9 Å². The molecule has 1 aromatic heterocycles. The zero-order chi connectivity index (χ0) is 19.0. The maximum absolute atomic E-state index is 12.1. The van der Waals surface area contributed by atoms with Crippen molar-refractivity contribution in [2.45, 2.75) is 25.8 Å². The molecule has 4 rings (SSSR count). The van der Waals surface area contributed by atoms with E-state index in [1.807, 2.05) is 31.2 Å². The number of aromatic nitrogens is 2. The van der Waals surface area contributed by atoms with E-state index in [-0.39, 0.29) is 11.6 Å². The summed E-state index contributed by atoms with van der Waals surface area (Å²) in [5, 5.41) is 3.82. The quantitative estimate of drug-likeness (QED) is 0.723. The number of aryl methyl sites for hydroxylation is 2. The van der Waals surface area contributed by atoms with Gasteiger partial charge in [-0.3, -0.25) is 4.79 Å². The Hall–Kier alpha value is -2.79. The number of fused-ring (bicyclic) bond motifs is 1. The molecule has 1 aliphatic heterocycles. The van der Waals surface area contributed by atoms with Crippen LogP contribution in [0, 0.1) is 6.92 Å². The fourth-order valence-corrected chi connectivity index (χ4v) is 3.88. The molecule has 1 N–H and O–H groups in total. The van der Waals surface area contributed by atoms with Crippen LogP contribution in [0.25, 0.3) is 0 Å². The first-order chi connectivity index (χ1) is 13.1. The van der Waals surface area contributed by atoms with Crippen LogP contribution >= 0.6 is 11.6 Å². The summed E-state index contributed by atoms with van der Waals surface area (Å²) in [6, 6.07) is 15.7. The Morgan fingerprint density at radius 3 is 2.74 bits per heavy atom. The molecule has 27 heavy (non-hydrogen) atoms. The van der Waals surface area contributed by atoms with Crippen LogP contribution in [0.4, 0.5) is 11.6 Å². The Morgan fingerprint density at radius 2 is 2.00 bits per heavy atom. The monoisotopic (exact) mass is 381 g/mol. The topological polar surface area (TPSA) is 56.1 Å². The molecule has 0 bridgehead atoms. The van der Waals surface area contributed by atoms with E-state index in [4.69, 9.17) is 16.3 Å². The lowest BCUT2D eigenvalue weighted by Gasteiger charge is -2.21. The van der Waals surface area contributed by atoms with Crippen LogP contribution in [0.15, 0.2) is 53.3 Å². The normalized spacial score (nSPS) is 15.4. The average Bonchev–Trinajstić information content (AvgIpc) is 3.09. The molecule has 138 valence electrons. The second kappa shape index (κ2) is 7.08. The van der Waals surface area contributed by atoms with E-state index in [1.165, 1.54) is 5.56 Å². The van der Waals surface area contributed by atoms with Gasteiger partial charge < -0.3 is 14.6 Å². The van der Waals surface area contributed by atoms with Crippen molar-refractivity contribution in [3.05, 3.63) is 80.7 Å². The molecular weight excluding hydrogens is 362 g/mol. The van der Waals surface area contributed by atoms with Crippen LogP contribution in [-0.4, -0.2) is 16.7 Å². The first-order valence-corrected chi connectivity index (χ1v) is 9.23. The van der Waals surface area contributed by atoms with E-state index in [9.17, 15) is 4.79 Å². The van der Waals surface area contributed by atoms with Gasteiger partial charge in [0, 0.05) is 17.4 Å². The van der Waals surface area contributed by atoms with E-state index in [0.29, 0.717) is 16.7 Å². The van der Waals surface area contributed by atoms with Crippen LogP contribution in [-0.2, 0) is 6.42 Å². The maximum atomic E-state index is 12.1. The van der Waals surface area contributed by atoms with Crippen molar-refractivity contribution in [1.29, 1.82) is 0 Å². The molecular formula is C21H20ClN3O2. The third-order valence-corrected chi connectivity index (χ3v) is 5.25. The molecule has 0 fully saturated rings. The van der Waals surface area contributed by atoms with E-state index >= 15 is 0 Å². The van der Waals surface area contributed by atoms with Gasteiger partial charge in [0.2, 0.25) is 5.95 Å². The highest BCUT2D eigenvalue weighted by molar-refractivity contribution is 6.32. The summed E-state index contributed by atoms with van der Waals surface area (Å²) in [5.41, 5.74) is 3.71. The van der Waals surface area contributed by atoms with Crippen LogP contribution in [0.2, 0.25) is 5.02 Å². The summed E-state index contributed by atoms with van der Waals surface area (Å²) < 4.78 is 7.39. The predicted molar refractivity (Wildman–Crippen MR) is 107 cm³/mol. The molecule has 0 spiro atoms. The van der Waals surface area contributed by atoms with E-state index in [2.05, 4.69) is 27.0 Å². The Labute approximate surface area is 162 Å². The molecule has 0 amide bonds. The van der Waals surface area contributed by atoms with Crippen molar-refractivity contribution >= 4 is 23.2 Å². The SMILES string of the molecule is COc1cc(C)c(Nc2nc(=O)cc3n2C(c2ccccc2)CC3)cc1Cl. The van der Waals surface area contributed by atoms with Crippen LogP contribution in [0.5, 0.6) is 5.75 Å². The van der Waals surface area contributed by atoms with Crippen LogP contribution < -0.4 is 15.6 Å². The summed E-state index contributed by atoms with van der Waals surface area (Å²) in [6.45, 7) is 1.96. The molecule has 1 aliphatic rings. The molecule has 1 atom stereocenters. The molecule has 0 radical (unpaired) electrons. The van der Waals surface area contributed by atoms with Crippen molar-refractivity contribution in [1.82, 2.24) is 9.55 Å². The minimum absolute atomic E-state index is 0.144. The maximum Gasteiger partial charge on any atom is 0.274 e. The smallest absolute Gasteiger partial charge is 0.274 e. The minimum Gasteiger partial charge on any atom is -0.495 e. The summed E-state index contributed by atoms with van der Waals surface area (Å²) in [7, 11) is 1.59. The van der Waals surface area contributed by atoms with Crippen molar-refractivity contribution < 1.29 is 4.74 Å². The molecule has 1 unspecified atom stereocenters. The molecule has 3 aromatic rings. The summed E-state index contributed by atoms with van der Waals surface area (Å²) in [5.74, 6) is 1.15. The van der Waals surface area contributed by atoms with Crippen molar-refractivity contribution in [3.8, 4) is 5.75 Å². The molecule has 0 saturated heterocycles. The molecule has 0 saturated carbocycles. The lowest BCUT2D eigenvalue weighted by Crippen LogP contribution is -2.19. The minimum atomic E-state index is -0.241. The second-order valence-electron chi connectivity index (χ2n) is 6.67. The Bertz CT molecular complexity index is 1050. The summed E-state index contributed by atoms with van der Waals surface area (Å²) >= 11 is 6.29. The fraction of sp³-hybridized carbons (Fsp3) is 0.238. The highest BCUT2D eigenvalue weighted by Gasteiger charge is 2.26. The number of benzene rings is 2. The number of ether oxygens (including phenoxy) is 1. The van der Waals surface area contributed by atoms with Gasteiger partial charge in [-0.25, -0.2) is 0 Å². The van der Waals surface area contributed by atoms with Gasteiger partial charge in [0.25, 0.3) is 5.56 Å². The molecule has 2 aromatic carbocycles. The number of hydrogen-bond donors (Lipinski definition) is 1. The molecule has 0 aliphatic carbocycles. The largest absolute Gasteiger partial charge is 0.495 e. The predicted octanol–water partition coefficient (Wildman–Crippen LogP) is 4.49. The van der Waals surface area contributed by atoms with E-state index in [1.54, 1.807) is 19.2 Å². The molecule has 2 heterocycles. The first kappa shape index (κ1) is 17.6. The number of nitrogens with one attached hydrogen (secondary N) is 1. The number of hydrogen-bond acceptors (Lipinski definition) is 4. The van der Waals surface area contributed by atoms with Crippen molar-refractivity contribution in [2.75, 3.05) is 12.4 Å². The summed E-state index contributed by atoms with van der Waals surface area (Å²) in [6.07, 6.45) is 1.78. The third kappa shape index (κ3) is 3.30. The van der Waals surface area contributed by atoms with Gasteiger partial charge >= 0.3 is 0 Å². The van der Waals surface area contributed by atoms with Crippen molar-refractivity contribution in [2.24, 2.45) is 0 Å². The average molecular weight is 382 g/mol. The third-order valence-electron chi connectivity index (χ3n) is 4.96. The number of anilines is 2. The van der Waals surface area contributed by atoms with E-state index in [0.717, 1.165) is 29.8 Å². The highest BCUT2D eigenvalue weighted by Crippen LogP contribution is 2.36. The number of methoxy groups -OCH3 is 1. The standard InChI is InChI=1S/C21H20ClN3O2/c1-13-10-19(27-2)16(22)12-17(13)23-21-24-20(26)11-15-8-9-18(25(15)21)14-6-4-3-5-7-14/h3-7,10-12,18H,8-9H2,1-2H3,(H,23,24,26). The van der Waals surface area contributed by atoms with Gasteiger partial charge in [0.15, 0.2) is 0 Å². The zero-order valence-corrected chi connectivity index (χ0v) is 16.0. The number of nitrogens with zero attached hydrogens (tertiary/aromatic N) is 2. The van der Waals surface area contributed by atoms with Crippen LogP contribution in [0.3, 0.4) is 0 Å². The number of rotatable bonds is 4. The lowest BCUT2D eigenvalue weighted by atomic mass is 10.1. The van der Waals surface area contributed by atoms with Gasteiger partial charge in [0.05, 0.1) is 18.2 Å². The fourth-order valence-electron chi connectivity index (χ4n) is 3.64. The first-order valence-electron chi connectivity index (χ1n) is 8.85. The Morgan fingerprint density at radius 1 is 1.22 bits per heavy atom. The highest BCUT2D eigenvalue weighted by atomic mass is 35.5. The molecule has 6 heteroatoms.